The van der Waals surface area contributed by atoms with Gasteiger partial charge in [0.2, 0.25) is 0 Å². The van der Waals surface area contributed by atoms with Crippen LogP contribution in [0.1, 0.15) is 40.2 Å². The predicted molar refractivity (Wildman–Crippen MR) is 102 cm³/mol. The van der Waals surface area contributed by atoms with Gasteiger partial charge in [0.25, 0.3) is 5.91 Å². The highest BCUT2D eigenvalue weighted by Gasteiger charge is 2.30. The molecule has 1 saturated heterocycles. The van der Waals surface area contributed by atoms with Crippen molar-refractivity contribution >= 4 is 11.9 Å². The zero-order chi connectivity index (χ0) is 19.0. The second kappa shape index (κ2) is 7.06. The maximum absolute atomic E-state index is 13.2. The first kappa shape index (κ1) is 17.6. The summed E-state index contributed by atoms with van der Waals surface area (Å²) in [5.41, 5.74) is 10.4. The zero-order valence-electron chi connectivity index (χ0n) is 15.6. The van der Waals surface area contributed by atoms with Crippen LogP contribution in [-0.2, 0) is 12.8 Å². The van der Waals surface area contributed by atoms with Crippen LogP contribution in [0, 0.1) is 6.92 Å². The highest BCUT2D eigenvalue weighted by Crippen LogP contribution is 2.29. The normalized spacial score (nSPS) is 16.9. The number of nitrogens with two attached hydrogens (primary N) is 1. The first-order valence-electron chi connectivity index (χ1n) is 9.56. The number of aryl methyl sites for hydroxylation is 1. The number of benzene rings is 1. The lowest BCUT2D eigenvalue weighted by Crippen LogP contribution is -2.40. The van der Waals surface area contributed by atoms with E-state index in [4.69, 9.17) is 10.8 Å². The van der Waals surface area contributed by atoms with Crippen LogP contribution >= 0.6 is 0 Å². The second-order valence-corrected chi connectivity index (χ2v) is 7.30. The summed E-state index contributed by atoms with van der Waals surface area (Å²) in [6.07, 6.45) is 3.62. The summed E-state index contributed by atoms with van der Waals surface area (Å²) in [5, 5.41) is 4.74. The molecular weight excluding hydrogens is 342 g/mol. The Balaban J connectivity index is 1.65. The van der Waals surface area contributed by atoms with Gasteiger partial charge in [-0.05, 0) is 44.2 Å². The molecule has 2 aliphatic rings. The van der Waals surface area contributed by atoms with Crippen LogP contribution in [0.25, 0.3) is 5.69 Å². The minimum absolute atomic E-state index is 0.0354. The van der Waals surface area contributed by atoms with Crippen LogP contribution in [-0.4, -0.2) is 57.7 Å². The van der Waals surface area contributed by atoms with Gasteiger partial charge in [0.1, 0.15) is 0 Å². The minimum Gasteiger partial charge on any atom is -0.351 e. The molecule has 2 N–H and O–H groups in total. The van der Waals surface area contributed by atoms with E-state index in [1.165, 1.54) is 0 Å². The fourth-order valence-corrected chi connectivity index (χ4v) is 4.10. The predicted octanol–water partition coefficient (Wildman–Crippen LogP) is 1.90. The number of nitrogens with zero attached hydrogens (tertiary/aromatic N) is 4. The van der Waals surface area contributed by atoms with Crippen LogP contribution in [0.3, 0.4) is 0 Å². The molecule has 0 saturated carbocycles. The van der Waals surface area contributed by atoms with E-state index in [1.807, 2.05) is 27.8 Å². The standard InChI is InChI=1S/C20H25N5O2/c1-14-6-2-3-8-16(14)25-17-9-4-7-15(17)18(22-25)19(26)23-10-5-11-24(13-12-23)20(21)27/h2-3,6,8H,4-5,7,9-13H2,1H3,(H2,21,27). The molecule has 1 aromatic heterocycles. The molecule has 0 spiro atoms. The van der Waals surface area contributed by atoms with Crippen molar-refractivity contribution in [2.45, 2.75) is 32.6 Å². The Bertz CT molecular complexity index is 888. The Morgan fingerprint density at radius 1 is 1.00 bits per heavy atom. The summed E-state index contributed by atoms with van der Waals surface area (Å²) < 4.78 is 1.96. The van der Waals surface area contributed by atoms with Gasteiger partial charge in [-0.15, -0.1) is 0 Å². The van der Waals surface area contributed by atoms with Gasteiger partial charge in [-0.2, -0.15) is 5.10 Å². The summed E-state index contributed by atoms with van der Waals surface area (Å²) in [4.78, 5) is 28.1. The maximum atomic E-state index is 13.2. The van der Waals surface area contributed by atoms with E-state index in [-0.39, 0.29) is 5.91 Å². The third kappa shape index (κ3) is 3.18. The van der Waals surface area contributed by atoms with Crippen molar-refractivity contribution in [2.24, 2.45) is 5.73 Å². The molecule has 2 heterocycles. The Morgan fingerprint density at radius 3 is 2.52 bits per heavy atom. The summed E-state index contributed by atoms with van der Waals surface area (Å²) in [6.45, 7) is 4.24. The molecule has 0 bridgehead atoms. The number of hydrogen-bond acceptors (Lipinski definition) is 3. The number of fused-ring (bicyclic) bond motifs is 1. The van der Waals surface area contributed by atoms with Crippen molar-refractivity contribution in [2.75, 3.05) is 26.2 Å². The first-order chi connectivity index (χ1) is 13.1. The number of carbonyl (C=O) groups is 2. The number of aromatic nitrogens is 2. The van der Waals surface area contributed by atoms with Crippen molar-refractivity contribution < 1.29 is 9.59 Å². The third-order valence-corrected chi connectivity index (χ3v) is 5.57. The van der Waals surface area contributed by atoms with Crippen molar-refractivity contribution in [1.82, 2.24) is 19.6 Å². The number of carbonyl (C=O) groups excluding carboxylic acids is 2. The maximum Gasteiger partial charge on any atom is 0.314 e. The Labute approximate surface area is 158 Å². The van der Waals surface area contributed by atoms with Gasteiger partial charge in [-0.25, -0.2) is 9.48 Å². The quantitative estimate of drug-likeness (QED) is 0.880. The van der Waals surface area contributed by atoms with Crippen molar-refractivity contribution in [3.63, 3.8) is 0 Å². The van der Waals surface area contributed by atoms with Gasteiger partial charge >= 0.3 is 6.03 Å². The average molecular weight is 367 g/mol. The molecule has 1 fully saturated rings. The molecule has 0 unspecified atom stereocenters. The third-order valence-electron chi connectivity index (χ3n) is 5.57. The van der Waals surface area contributed by atoms with Crippen LogP contribution < -0.4 is 5.73 Å². The van der Waals surface area contributed by atoms with Crippen molar-refractivity contribution in [3.05, 3.63) is 46.8 Å². The molecular formula is C20H25N5O2. The van der Waals surface area contributed by atoms with E-state index in [1.54, 1.807) is 4.90 Å². The molecule has 142 valence electrons. The molecule has 0 atom stereocenters. The van der Waals surface area contributed by atoms with E-state index in [0.717, 1.165) is 48.2 Å². The molecule has 2 aromatic rings. The van der Waals surface area contributed by atoms with Crippen molar-refractivity contribution in [1.29, 1.82) is 0 Å². The molecule has 4 rings (SSSR count). The molecule has 1 aliphatic carbocycles. The van der Waals surface area contributed by atoms with Crippen molar-refractivity contribution in [3.8, 4) is 5.69 Å². The van der Waals surface area contributed by atoms with Gasteiger partial charge in [-0.3, -0.25) is 4.79 Å². The highest BCUT2D eigenvalue weighted by molar-refractivity contribution is 5.94. The van der Waals surface area contributed by atoms with E-state index < -0.39 is 6.03 Å². The summed E-state index contributed by atoms with van der Waals surface area (Å²) in [6, 6.07) is 7.70. The fourth-order valence-electron chi connectivity index (χ4n) is 4.10. The van der Waals surface area contributed by atoms with Crippen LogP contribution in [0.2, 0.25) is 0 Å². The lowest BCUT2D eigenvalue weighted by Gasteiger charge is -2.20. The molecule has 1 aliphatic heterocycles. The number of rotatable bonds is 2. The van der Waals surface area contributed by atoms with E-state index in [2.05, 4.69) is 13.0 Å². The molecule has 7 heteroatoms. The Hall–Kier alpha value is -2.83. The van der Waals surface area contributed by atoms with Crippen LogP contribution in [0.5, 0.6) is 0 Å². The van der Waals surface area contributed by atoms with Gasteiger partial charge in [-0.1, -0.05) is 18.2 Å². The smallest absolute Gasteiger partial charge is 0.314 e. The number of primary amides is 1. The lowest BCUT2D eigenvalue weighted by molar-refractivity contribution is 0.0755. The van der Waals surface area contributed by atoms with E-state index >= 15 is 0 Å². The van der Waals surface area contributed by atoms with Crippen LogP contribution in [0.15, 0.2) is 24.3 Å². The minimum atomic E-state index is -0.422. The van der Waals surface area contributed by atoms with Gasteiger partial charge < -0.3 is 15.5 Å². The number of para-hydroxylation sites is 1. The molecule has 1 aromatic carbocycles. The largest absolute Gasteiger partial charge is 0.351 e. The van der Waals surface area contributed by atoms with Gasteiger partial charge in [0.05, 0.1) is 5.69 Å². The molecule has 27 heavy (non-hydrogen) atoms. The number of hydrogen-bond donors (Lipinski definition) is 1. The van der Waals surface area contributed by atoms with Gasteiger partial charge in [0, 0.05) is 37.4 Å². The molecule has 7 nitrogen and oxygen atoms in total. The summed E-state index contributed by atoms with van der Waals surface area (Å²) in [7, 11) is 0. The number of amides is 3. The monoisotopic (exact) mass is 367 g/mol. The van der Waals surface area contributed by atoms with Crippen LogP contribution in [0.4, 0.5) is 4.79 Å². The Morgan fingerprint density at radius 2 is 1.74 bits per heavy atom. The second-order valence-electron chi connectivity index (χ2n) is 7.30. The Kier molecular flexibility index (Phi) is 4.59. The van der Waals surface area contributed by atoms with Gasteiger partial charge in [0.15, 0.2) is 5.69 Å². The zero-order valence-corrected chi connectivity index (χ0v) is 15.6. The number of urea groups is 1. The lowest BCUT2D eigenvalue weighted by atomic mass is 10.1. The summed E-state index contributed by atoms with van der Waals surface area (Å²) >= 11 is 0. The topological polar surface area (TPSA) is 84.5 Å². The first-order valence-corrected chi connectivity index (χ1v) is 9.56. The fraction of sp³-hybridized carbons (Fsp3) is 0.450. The highest BCUT2D eigenvalue weighted by atomic mass is 16.2. The molecule has 0 radical (unpaired) electrons. The summed E-state index contributed by atoms with van der Waals surface area (Å²) in [5.74, 6) is -0.0354. The molecule has 3 amide bonds. The van der Waals surface area contributed by atoms with E-state index in [0.29, 0.717) is 31.9 Å². The van der Waals surface area contributed by atoms with E-state index in [9.17, 15) is 9.59 Å². The average Bonchev–Trinajstić information content (AvgIpc) is 3.16. The SMILES string of the molecule is Cc1ccccc1-n1nc(C(=O)N2CCCN(C(N)=O)CC2)c2c1CCC2.